The van der Waals surface area contributed by atoms with Crippen LogP contribution in [0.3, 0.4) is 0 Å². The predicted molar refractivity (Wildman–Crippen MR) is 65.9 cm³/mol. The zero-order valence-corrected chi connectivity index (χ0v) is 10.4. The Hall–Kier alpha value is -1.46. The molecule has 5 heteroatoms. The second-order valence-corrected chi connectivity index (χ2v) is 3.67. The Balaban J connectivity index is 3.08. The fraction of sp³-hybridized carbons (Fsp3) is 0.500. The van der Waals surface area contributed by atoms with Gasteiger partial charge in [-0.2, -0.15) is 0 Å². The molecule has 0 aliphatic carbocycles. The van der Waals surface area contributed by atoms with E-state index in [-0.39, 0.29) is 19.3 Å². The summed E-state index contributed by atoms with van der Waals surface area (Å²) in [5.41, 5.74) is 0.764. The third-order valence-electron chi connectivity index (χ3n) is 2.74. The van der Waals surface area contributed by atoms with E-state index in [2.05, 4.69) is 0 Å². The molecule has 1 rings (SSSR count). The molecule has 0 spiro atoms. The van der Waals surface area contributed by atoms with Crippen LogP contribution in [0.2, 0.25) is 0 Å². The zero-order chi connectivity index (χ0) is 12.8. The van der Waals surface area contributed by atoms with E-state index in [0.717, 1.165) is 5.69 Å². The molecular weight excluding hydrogens is 222 g/mol. The summed E-state index contributed by atoms with van der Waals surface area (Å²) in [7, 11) is 4.95. The number of aliphatic hydroxyl groups excluding tert-OH is 2. The van der Waals surface area contributed by atoms with Crippen molar-refractivity contribution in [1.82, 2.24) is 0 Å². The van der Waals surface area contributed by atoms with Crippen LogP contribution in [-0.2, 0) is 0 Å². The van der Waals surface area contributed by atoms with Crippen molar-refractivity contribution in [2.45, 2.75) is 6.04 Å². The second kappa shape index (κ2) is 6.32. The molecule has 5 nitrogen and oxygen atoms in total. The number of likely N-dealkylation sites (N-methyl/N-ethyl adjacent to an activating group) is 1. The van der Waals surface area contributed by atoms with Crippen molar-refractivity contribution in [3.05, 3.63) is 18.2 Å². The normalized spacial score (nSPS) is 10.5. The molecule has 2 N–H and O–H groups in total. The van der Waals surface area contributed by atoms with Crippen molar-refractivity contribution in [1.29, 1.82) is 0 Å². The van der Waals surface area contributed by atoms with Crippen molar-refractivity contribution in [3.8, 4) is 11.5 Å². The first-order chi connectivity index (χ1) is 8.17. The fourth-order valence-corrected chi connectivity index (χ4v) is 1.57. The molecule has 0 heterocycles. The van der Waals surface area contributed by atoms with E-state index < -0.39 is 0 Å². The molecule has 0 radical (unpaired) electrons. The molecule has 1 aromatic carbocycles. The Morgan fingerprint density at radius 2 is 1.82 bits per heavy atom. The lowest BCUT2D eigenvalue weighted by Gasteiger charge is -2.28. The molecule has 0 unspecified atom stereocenters. The number of methoxy groups -OCH3 is 2. The van der Waals surface area contributed by atoms with Gasteiger partial charge in [0.1, 0.15) is 11.5 Å². The molecule has 0 amide bonds. The van der Waals surface area contributed by atoms with Gasteiger partial charge in [0.05, 0.1) is 39.2 Å². The Morgan fingerprint density at radius 1 is 1.18 bits per heavy atom. The van der Waals surface area contributed by atoms with Crippen LogP contribution in [0.5, 0.6) is 11.5 Å². The highest BCUT2D eigenvalue weighted by molar-refractivity contribution is 5.61. The van der Waals surface area contributed by atoms with Crippen LogP contribution in [0.4, 0.5) is 5.69 Å². The summed E-state index contributed by atoms with van der Waals surface area (Å²) in [4.78, 5) is 1.77. The van der Waals surface area contributed by atoms with Crippen molar-refractivity contribution in [2.75, 3.05) is 39.4 Å². The van der Waals surface area contributed by atoms with Gasteiger partial charge in [-0.25, -0.2) is 0 Å². The fourth-order valence-electron chi connectivity index (χ4n) is 1.57. The van der Waals surface area contributed by atoms with E-state index in [4.69, 9.17) is 9.47 Å². The van der Waals surface area contributed by atoms with E-state index in [1.165, 1.54) is 0 Å². The number of aliphatic hydroxyl groups is 2. The number of rotatable bonds is 6. The van der Waals surface area contributed by atoms with Crippen molar-refractivity contribution in [3.63, 3.8) is 0 Å². The summed E-state index contributed by atoms with van der Waals surface area (Å²) < 4.78 is 10.4. The first kappa shape index (κ1) is 13.6. The third kappa shape index (κ3) is 3.01. The lowest BCUT2D eigenvalue weighted by molar-refractivity contribution is 0.190. The number of hydrogen-bond donors (Lipinski definition) is 2. The molecule has 0 aromatic heterocycles. The SMILES string of the molecule is COc1ccc(OC)c(N(C)C(CO)CO)c1. The first-order valence-electron chi connectivity index (χ1n) is 5.34. The lowest BCUT2D eigenvalue weighted by atomic mass is 10.2. The van der Waals surface area contributed by atoms with Crippen LogP contribution < -0.4 is 14.4 Å². The molecule has 0 fully saturated rings. The maximum Gasteiger partial charge on any atom is 0.142 e. The van der Waals surface area contributed by atoms with Crippen LogP contribution in [-0.4, -0.2) is 50.7 Å². The largest absolute Gasteiger partial charge is 0.497 e. The van der Waals surface area contributed by atoms with E-state index in [1.54, 1.807) is 44.4 Å². The van der Waals surface area contributed by atoms with E-state index in [0.29, 0.717) is 11.5 Å². The Labute approximate surface area is 101 Å². The average Bonchev–Trinajstić information content (AvgIpc) is 2.39. The molecule has 0 saturated heterocycles. The van der Waals surface area contributed by atoms with Gasteiger partial charge in [0, 0.05) is 13.1 Å². The first-order valence-corrected chi connectivity index (χ1v) is 5.34. The maximum atomic E-state index is 9.17. The third-order valence-corrected chi connectivity index (χ3v) is 2.74. The number of nitrogens with zero attached hydrogens (tertiary/aromatic N) is 1. The molecule has 17 heavy (non-hydrogen) atoms. The van der Waals surface area contributed by atoms with Gasteiger partial charge < -0.3 is 24.6 Å². The van der Waals surface area contributed by atoms with Crippen LogP contribution in [0.1, 0.15) is 0 Å². The van der Waals surface area contributed by atoms with E-state index >= 15 is 0 Å². The van der Waals surface area contributed by atoms with Crippen LogP contribution in [0.15, 0.2) is 18.2 Å². The Morgan fingerprint density at radius 3 is 2.29 bits per heavy atom. The highest BCUT2D eigenvalue weighted by atomic mass is 16.5. The summed E-state index contributed by atoms with van der Waals surface area (Å²) >= 11 is 0. The number of ether oxygens (including phenoxy) is 2. The average molecular weight is 241 g/mol. The van der Waals surface area contributed by atoms with Crippen molar-refractivity contribution >= 4 is 5.69 Å². The van der Waals surface area contributed by atoms with Crippen LogP contribution in [0, 0.1) is 0 Å². The molecule has 96 valence electrons. The van der Waals surface area contributed by atoms with Gasteiger partial charge in [-0.1, -0.05) is 0 Å². The van der Waals surface area contributed by atoms with E-state index in [1.807, 2.05) is 0 Å². The highest BCUT2D eigenvalue weighted by Crippen LogP contribution is 2.32. The molecule has 0 bridgehead atoms. The maximum absolute atomic E-state index is 9.17. The van der Waals surface area contributed by atoms with Crippen molar-refractivity contribution < 1.29 is 19.7 Å². The molecule has 0 atom stereocenters. The molecule has 0 aliphatic rings. The van der Waals surface area contributed by atoms with Gasteiger partial charge in [-0.05, 0) is 12.1 Å². The highest BCUT2D eigenvalue weighted by Gasteiger charge is 2.17. The van der Waals surface area contributed by atoms with Gasteiger partial charge >= 0.3 is 0 Å². The van der Waals surface area contributed by atoms with Crippen LogP contribution >= 0.6 is 0 Å². The smallest absolute Gasteiger partial charge is 0.142 e. The minimum absolute atomic E-state index is 0.132. The molecule has 1 aromatic rings. The summed E-state index contributed by atoms with van der Waals surface area (Å²) in [6, 6.07) is 5.02. The standard InChI is InChI=1S/C12H19NO4/c1-13(9(7-14)8-15)11-6-10(16-2)4-5-12(11)17-3/h4-6,9,14-15H,7-8H2,1-3H3. The summed E-state index contributed by atoms with van der Waals surface area (Å²) in [6.07, 6.45) is 0. The quantitative estimate of drug-likeness (QED) is 0.759. The molecular formula is C12H19NO4. The van der Waals surface area contributed by atoms with Crippen molar-refractivity contribution in [2.24, 2.45) is 0 Å². The van der Waals surface area contributed by atoms with Gasteiger partial charge in [-0.3, -0.25) is 0 Å². The Bertz CT molecular complexity index is 352. The Kier molecular flexibility index (Phi) is 5.06. The van der Waals surface area contributed by atoms with Gasteiger partial charge in [-0.15, -0.1) is 0 Å². The van der Waals surface area contributed by atoms with Gasteiger partial charge in [0.25, 0.3) is 0 Å². The number of anilines is 1. The lowest BCUT2D eigenvalue weighted by Crippen LogP contribution is -2.37. The minimum atomic E-state index is -0.365. The van der Waals surface area contributed by atoms with E-state index in [9.17, 15) is 10.2 Å². The monoisotopic (exact) mass is 241 g/mol. The minimum Gasteiger partial charge on any atom is -0.497 e. The van der Waals surface area contributed by atoms with Gasteiger partial charge in [0.2, 0.25) is 0 Å². The zero-order valence-electron chi connectivity index (χ0n) is 10.4. The number of benzene rings is 1. The van der Waals surface area contributed by atoms with Crippen LogP contribution in [0.25, 0.3) is 0 Å². The molecule has 0 aliphatic heterocycles. The number of hydrogen-bond acceptors (Lipinski definition) is 5. The molecule has 0 saturated carbocycles. The predicted octanol–water partition coefficient (Wildman–Crippen LogP) is 0.493. The summed E-state index contributed by atoms with van der Waals surface area (Å²) in [6.45, 7) is -0.263. The second-order valence-electron chi connectivity index (χ2n) is 3.67. The summed E-state index contributed by atoms with van der Waals surface area (Å²) in [5.74, 6) is 1.36. The topological polar surface area (TPSA) is 62.2 Å². The van der Waals surface area contributed by atoms with Gasteiger partial charge in [0.15, 0.2) is 0 Å². The summed E-state index contributed by atoms with van der Waals surface area (Å²) in [5, 5.41) is 18.3.